The van der Waals surface area contributed by atoms with Crippen molar-refractivity contribution in [2.45, 2.75) is 50.5 Å². The number of halogens is 1. The zero-order valence-corrected chi connectivity index (χ0v) is 21.1. The van der Waals surface area contributed by atoms with Gasteiger partial charge in [-0.1, -0.05) is 19.9 Å². The summed E-state index contributed by atoms with van der Waals surface area (Å²) in [5, 5.41) is 18.0. The molecular weight excluding hydrogens is 469 g/mol. The van der Waals surface area contributed by atoms with Crippen molar-refractivity contribution < 1.29 is 13.7 Å². The number of hydrogen-bond donors (Lipinski definition) is 4. The molecule has 11 heteroatoms. The second-order valence-corrected chi connectivity index (χ2v) is 10.9. The van der Waals surface area contributed by atoms with E-state index in [9.17, 15) is 13.7 Å². The number of pyridine rings is 1. The lowest BCUT2D eigenvalue weighted by Gasteiger charge is -2.36. The van der Waals surface area contributed by atoms with Crippen LogP contribution in [0, 0.1) is 10.6 Å². The van der Waals surface area contributed by atoms with Crippen LogP contribution in [0.1, 0.15) is 50.4 Å². The molecule has 1 aliphatic rings. The summed E-state index contributed by atoms with van der Waals surface area (Å²) < 4.78 is 40.2. The SMILES string of the molecule is CC(C)c1cc(F)cc(-c2cccnc2)c1NC(O)NS(=N)(=O)c1cc(C(C)N2CCC2)n(C)n1. The molecule has 4 rings (SSSR count). The Bertz CT molecular complexity index is 1290. The number of anilines is 1. The number of hydrogen-bond acceptors (Lipinski definition) is 7. The molecule has 1 saturated heterocycles. The number of benzene rings is 1. The monoisotopic (exact) mass is 501 g/mol. The van der Waals surface area contributed by atoms with E-state index in [0.717, 1.165) is 25.2 Å². The van der Waals surface area contributed by atoms with Crippen molar-refractivity contribution in [3.8, 4) is 11.1 Å². The molecular formula is C24H32FN7O2S. The number of rotatable bonds is 9. The fourth-order valence-electron chi connectivity index (χ4n) is 4.28. The van der Waals surface area contributed by atoms with E-state index in [1.807, 2.05) is 13.8 Å². The lowest BCUT2D eigenvalue weighted by Crippen LogP contribution is -2.40. The summed E-state index contributed by atoms with van der Waals surface area (Å²) >= 11 is 0. The number of aliphatic hydroxyl groups excluding tert-OH is 1. The Balaban J connectivity index is 1.60. The average Bonchev–Trinajstić information content (AvgIpc) is 3.16. The van der Waals surface area contributed by atoms with Gasteiger partial charge in [0.05, 0.1) is 5.69 Å². The topological polar surface area (TPSA) is 119 Å². The van der Waals surface area contributed by atoms with Crippen molar-refractivity contribution in [3.05, 3.63) is 59.8 Å². The van der Waals surface area contributed by atoms with Crippen LogP contribution >= 0.6 is 0 Å². The minimum absolute atomic E-state index is 0.0406. The highest BCUT2D eigenvalue weighted by molar-refractivity contribution is 7.90. The lowest BCUT2D eigenvalue weighted by atomic mass is 9.94. The van der Waals surface area contributed by atoms with Crippen molar-refractivity contribution in [1.82, 2.24) is 24.4 Å². The molecule has 1 aromatic carbocycles. The maximum atomic E-state index is 14.5. The summed E-state index contributed by atoms with van der Waals surface area (Å²) in [5.41, 5.74) is 3.11. The fraction of sp³-hybridized carbons (Fsp3) is 0.417. The molecule has 35 heavy (non-hydrogen) atoms. The molecule has 188 valence electrons. The summed E-state index contributed by atoms with van der Waals surface area (Å²) in [6.07, 6.45) is 2.81. The Morgan fingerprint density at radius 1 is 1.23 bits per heavy atom. The van der Waals surface area contributed by atoms with E-state index in [4.69, 9.17) is 4.78 Å². The summed E-state index contributed by atoms with van der Waals surface area (Å²) in [4.78, 5) is 6.39. The molecule has 3 unspecified atom stereocenters. The maximum absolute atomic E-state index is 14.5. The highest BCUT2D eigenvalue weighted by Gasteiger charge is 2.27. The number of nitrogens with zero attached hydrogens (tertiary/aromatic N) is 4. The third kappa shape index (κ3) is 5.37. The van der Waals surface area contributed by atoms with Crippen molar-refractivity contribution in [1.29, 1.82) is 4.78 Å². The zero-order chi connectivity index (χ0) is 25.3. The maximum Gasteiger partial charge on any atom is 0.193 e. The van der Waals surface area contributed by atoms with Gasteiger partial charge in [0.15, 0.2) is 21.3 Å². The van der Waals surface area contributed by atoms with Crippen molar-refractivity contribution >= 4 is 15.6 Å². The molecule has 0 bridgehead atoms. The van der Waals surface area contributed by atoms with Crippen LogP contribution in [0.5, 0.6) is 0 Å². The molecule has 9 nitrogen and oxygen atoms in total. The van der Waals surface area contributed by atoms with E-state index in [1.165, 1.54) is 12.1 Å². The van der Waals surface area contributed by atoms with Gasteiger partial charge in [0.1, 0.15) is 5.82 Å². The van der Waals surface area contributed by atoms with Crippen LogP contribution in [0.2, 0.25) is 0 Å². The van der Waals surface area contributed by atoms with Gasteiger partial charge in [-0.3, -0.25) is 14.6 Å². The summed E-state index contributed by atoms with van der Waals surface area (Å²) in [7, 11) is -1.89. The highest BCUT2D eigenvalue weighted by Crippen LogP contribution is 2.36. The third-order valence-corrected chi connectivity index (χ3v) is 7.69. The van der Waals surface area contributed by atoms with Crippen molar-refractivity contribution in [2.24, 2.45) is 7.05 Å². The first kappa shape index (κ1) is 25.2. The second kappa shape index (κ2) is 10.0. The minimum Gasteiger partial charge on any atom is -0.360 e. The Hall–Kier alpha value is -2.86. The summed E-state index contributed by atoms with van der Waals surface area (Å²) in [6.45, 7) is 7.86. The first-order chi connectivity index (χ1) is 16.6. The highest BCUT2D eigenvalue weighted by atomic mass is 32.2. The zero-order valence-electron chi connectivity index (χ0n) is 20.3. The van der Waals surface area contributed by atoms with Gasteiger partial charge >= 0.3 is 0 Å². The summed E-state index contributed by atoms with van der Waals surface area (Å²) in [5.74, 6) is -0.486. The van der Waals surface area contributed by atoms with Gasteiger partial charge in [-0.15, -0.1) is 0 Å². The van der Waals surface area contributed by atoms with Crippen LogP contribution in [0.4, 0.5) is 10.1 Å². The van der Waals surface area contributed by atoms with Crippen LogP contribution < -0.4 is 10.0 Å². The molecule has 0 aliphatic carbocycles. The molecule has 3 heterocycles. The molecule has 0 radical (unpaired) electrons. The first-order valence-corrected chi connectivity index (χ1v) is 13.1. The van der Waals surface area contributed by atoms with E-state index in [0.29, 0.717) is 22.4 Å². The smallest absolute Gasteiger partial charge is 0.193 e. The Morgan fingerprint density at radius 2 is 1.97 bits per heavy atom. The predicted molar refractivity (Wildman–Crippen MR) is 133 cm³/mol. The second-order valence-electron chi connectivity index (χ2n) is 9.13. The van der Waals surface area contributed by atoms with Crippen molar-refractivity contribution in [2.75, 3.05) is 18.4 Å². The van der Waals surface area contributed by atoms with Crippen LogP contribution in [-0.2, 0) is 17.0 Å². The molecule has 0 saturated carbocycles. The molecule has 0 amide bonds. The predicted octanol–water partition coefficient (Wildman–Crippen LogP) is 3.81. The largest absolute Gasteiger partial charge is 0.360 e. The van der Waals surface area contributed by atoms with Crippen LogP contribution in [-0.4, -0.2) is 48.4 Å². The molecule has 4 N–H and O–H groups in total. The van der Waals surface area contributed by atoms with E-state index in [2.05, 4.69) is 31.9 Å². The number of likely N-dealkylation sites (tertiary alicyclic amines) is 1. The first-order valence-electron chi connectivity index (χ1n) is 11.6. The third-order valence-electron chi connectivity index (χ3n) is 6.34. The van der Waals surface area contributed by atoms with E-state index >= 15 is 0 Å². The van der Waals surface area contributed by atoms with Gasteiger partial charge in [-0.2, -0.15) is 9.82 Å². The van der Waals surface area contributed by atoms with E-state index in [-0.39, 0.29) is 17.0 Å². The average molecular weight is 502 g/mol. The number of aliphatic hydroxyl groups is 1. The van der Waals surface area contributed by atoms with E-state index in [1.54, 1.807) is 42.3 Å². The van der Waals surface area contributed by atoms with Crippen LogP contribution in [0.3, 0.4) is 0 Å². The lowest BCUT2D eigenvalue weighted by molar-refractivity contribution is 0.123. The quantitative estimate of drug-likeness (QED) is 0.331. The fourth-order valence-corrected chi connectivity index (χ4v) is 5.30. The molecule has 0 spiro atoms. The number of aryl methyl sites for hydroxylation is 1. The van der Waals surface area contributed by atoms with Gasteiger partial charge in [0.25, 0.3) is 0 Å². The molecule has 3 aromatic rings. The molecule has 1 aliphatic heterocycles. The Kier molecular flexibility index (Phi) is 7.22. The number of nitrogens with one attached hydrogen (secondary N) is 3. The normalized spacial score (nSPS) is 17.6. The van der Waals surface area contributed by atoms with E-state index < -0.39 is 22.1 Å². The van der Waals surface area contributed by atoms with Gasteiger partial charge in [-0.05, 0) is 49.1 Å². The van der Waals surface area contributed by atoms with Gasteiger partial charge < -0.3 is 10.4 Å². The van der Waals surface area contributed by atoms with Crippen LogP contribution in [0.25, 0.3) is 11.1 Å². The van der Waals surface area contributed by atoms with Gasteiger partial charge in [0.2, 0.25) is 0 Å². The van der Waals surface area contributed by atoms with Gasteiger partial charge in [-0.25, -0.2) is 13.4 Å². The Morgan fingerprint density at radius 3 is 2.57 bits per heavy atom. The summed E-state index contributed by atoms with van der Waals surface area (Å²) in [6, 6.07) is 8.03. The van der Waals surface area contributed by atoms with Crippen LogP contribution in [0.15, 0.2) is 47.8 Å². The minimum atomic E-state index is -3.65. The Labute approximate surface area is 205 Å². The van der Waals surface area contributed by atoms with Gasteiger partial charge in [0, 0.05) is 55.4 Å². The van der Waals surface area contributed by atoms with Crippen molar-refractivity contribution in [3.63, 3.8) is 0 Å². The number of aromatic nitrogens is 3. The molecule has 2 aromatic heterocycles. The standard InChI is InChI=1S/C24H32FN7O2S/c1-15(2)19-11-18(25)12-20(17-7-5-8-27-14-17)23(19)28-24(33)30-35(26,34)22-13-21(31(4)29-22)16(3)32-9-6-10-32/h5,7-8,11-16,24,28,33H,6,9-10H2,1-4H3,(H2,26,30,34). The molecule has 3 atom stereocenters. The molecule has 1 fully saturated rings.